The quantitative estimate of drug-likeness (QED) is 0.697. The molecule has 30 heavy (non-hydrogen) atoms. The van der Waals surface area contributed by atoms with E-state index in [2.05, 4.69) is 11.8 Å². The van der Waals surface area contributed by atoms with Crippen LogP contribution in [0.4, 0.5) is 0 Å². The number of carbonyl (C=O) groups is 1. The van der Waals surface area contributed by atoms with Crippen LogP contribution in [-0.2, 0) is 23.7 Å². The van der Waals surface area contributed by atoms with Crippen molar-refractivity contribution in [3.63, 3.8) is 0 Å². The van der Waals surface area contributed by atoms with Crippen molar-refractivity contribution >= 4 is 5.97 Å². The summed E-state index contributed by atoms with van der Waals surface area (Å²) in [5.74, 6) is -0.646. The number of likely N-dealkylation sites (tertiary alicyclic amines) is 1. The third-order valence-electron chi connectivity index (χ3n) is 9.34. The molecule has 6 atom stereocenters. The highest BCUT2D eigenvalue weighted by molar-refractivity contribution is 5.75. The van der Waals surface area contributed by atoms with Crippen molar-refractivity contribution in [2.75, 3.05) is 40.0 Å². The first-order chi connectivity index (χ1) is 14.2. The summed E-state index contributed by atoms with van der Waals surface area (Å²) in [6.07, 6.45) is 5.70. The van der Waals surface area contributed by atoms with E-state index in [4.69, 9.17) is 18.9 Å². The number of aliphatic hydroxyl groups is 1. The topological polar surface area (TPSA) is 77.5 Å². The Morgan fingerprint density at radius 3 is 2.47 bits per heavy atom. The fraction of sp³-hybridized carbons (Fsp3) is 0.957. The number of rotatable bonds is 3. The lowest BCUT2D eigenvalue weighted by molar-refractivity contribution is -0.270. The summed E-state index contributed by atoms with van der Waals surface area (Å²) in [7, 11) is 1.71. The Morgan fingerprint density at radius 2 is 1.80 bits per heavy atom. The fourth-order valence-corrected chi connectivity index (χ4v) is 7.23. The van der Waals surface area contributed by atoms with Gasteiger partial charge in [0.15, 0.2) is 5.79 Å². The van der Waals surface area contributed by atoms with Gasteiger partial charge in [-0.05, 0) is 39.0 Å². The van der Waals surface area contributed by atoms with E-state index in [1.54, 1.807) is 7.11 Å². The van der Waals surface area contributed by atoms with Crippen molar-refractivity contribution in [1.82, 2.24) is 4.90 Å². The van der Waals surface area contributed by atoms with Crippen LogP contribution >= 0.6 is 0 Å². The highest BCUT2D eigenvalue weighted by Gasteiger charge is 2.67. The van der Waals surface area contributed by atoms with E-state index >= 15 is 0 Å². The summed E-state index contributed by atoms with van der Waals surface area (Å²) < 4.78 is 23.5. The molecule has 2 saturated carbocycles. The van der Waals surface area contributed by atoms with Gasteiger partial charge in [-0.1, -0.05) is 6.92 Å². The van der Waals surface area contributed by atoms with Gasteiger partial charge in [0.2, 0.25) is 0 Å². The minimum absolute atomic E-state index is 0.0398. The van der Waals surface area contributed by atoms with Crippen molar-refractivity contribution < 1.29 is 28.8 Å². The van der Waals surface area contributed by atoms with Gasteiger partial charge in [-0.2, -0.15) is 0 Å². The number of hydrogen-bond donors (Lipinski definition) is 1. The van der Waals surface area contributed by atoms with Crippen LogP contribution in [0.5, 0.6) is 0 Å². The molecule has 3 aliphatic heterocycles. The van der Waals surface area contributed by atoms with E-state index in [0.29, 0.717) is 26.2 Å². The van der Waals surface area contributed by atoms with E-state index in [1.807, 2.05) is 6.92 Å². The van der Waals surface area contributed by atoms with Gasteiger partial charge in [0, 0.05) is 50.9 Å². The van der Waals surface area contributed by atoms with Crippen molar-refractivity contribution in [2.24, 2.45) is 17.3 Å². The molecule has 0 radical (unpaired) electrons. The third kappa shape index (κ3) is 2.99. The number of carbonyl (C=O) groups excluding carboxylic acids is 1. The monoisotopic (exact) mass is 423 g/mol. The van der Waals surface area contributed by atoms with Crippen molar-refractivity contribution in [2.45, 2.75) is 81.9 Å². The summed E-state index contributed by atoms with van der Waals surface area (Å²) >= 11 is 0. The number of piperidine rings is 1. The standard InChI is InChI=1S/C23H37NO6/c1-20-5-4-6-21(2,27-3)23(20,26)13-16-17(19(25)30-18(16)14-20)15-24-9-7-22(8-10-24)28-11-12-29-22/h16-18,26H,4-15H2,1-3H3. The van der Waals surface area contributed by atoms with Crippen LogP contribution in [0.15, 0.2) is 0 Å². The minimum Gasteiger partial charge on any atom is -0.462 e. The number of ether oxygens (including phenoxy) is 4. The second-order valence-electron chi connectivity index (χ2n) is 10.8. The molecule has 3 heterocycles. The summed E-state index contributed by atoms with van der Waals surface area (Å²) in [4.78, 5) is 15.2. The van der Waals surface area contributed by atoms with Crippen molar-refractivity contribution in [1.29, 1.82) is 0 Å². The largest absolute Gasteiger partial charge is 0.462 e. The van der Waals surface area contributed by atoms with E-state index in [-0.39, 0.29) is 29.3 Å². The molecule has 1 spiro atoms. The van der Waals surface area contributed by atoms with E-state index < -0.39 is 17.0 Å². The summed E-state index contributed by atoms with van der Waals surface area (Å²) in [5.41, 5.74) is -1.82. The van der Waals surface area contributed by atoms with Crippen LogP contribution in [0.1, 0.15) is 58.8 Å². The maximum Gasteiger partial charge on any atom is 0.310 e. The number of fused-ring (bicyclic) bond motifs is 2. The van der Waals surface area contributed by atoms with Crippen molar-refractivity contribution in [3.05, 3.63) is 0 Å². The maximum absolute atomic E-state index is 12.9. The Balaban J connectivity index is 1.32. The Kier molecular flexibility index (Phi) is 5.03. The predicted molar refractivity (Wildman–Crippen MR) is 109 cm³/mol. The molecule has 7 heteroatoms. The molecule has 0 aromatic heterocycles. The summed E-state index contributed by atoms with van der Waals surface area (Å²) in [6, 6.07) is 0. The molecular formula is C23H37NO6. The van der Waals surface area contributed by atoms with Gasteiger partial charge in [0.05, 0.1) is 30.3 Å². The summed E-state index contributed by atoms with van der Waals surface area (Å²) in [6.45, 7) is 7.96. The van der Waals surface area contributed by atoms with Crippen molar-refractivity contribution in [3.8, 4) is 0 Å². The van der Waals surface area contributed by atoms with Gasteiger partial charge in [-0.25, -0.2) is 0 Å². The second-order valence-corrected chi connectivity index (χ2v) is 10.8. The molecule has 7 nitrogen and oxygen atoms in total. The Hall–Kier alpha value is -0.730. The van der Waals surface area contributed by atoms with E-state index in [9.17, 15) is 9.90 Å². The molecule has 5 fully saturated rings. The molecule has 170 valence electrons. The maximum atomic E-state index is 12.9. The lowest BCUT2D eigenvalue weighted by Crippen LogP contribution is -2.69. The molecule has 0 aromatic carbocycles. The highest BCUT2D eigenvalue weighted by Crippen LogP contribution is 2.61. The lowest BCUT2D eigenvalue weighted by Gasteiger charge is -2.62. The minimum atomic E-state index is -0.947. The first-order valence-corrected chi connectivity index (χ1v) is 11.7. The Bertz CT molecular complexity index is 685. The first kappa shape index (κ1) is 21.1. The molecule has 0 bridgehead atoms. The normalized spacial score (nSPS) is 48.4. The molecule has 1 N–H and O–H groups in total. The molecule has 2 aliphatic carbocycles. The van der Waals surface area contributed by atoms with Crippen LogP contribution in [0.3, 0.4) is 0 Å². The van der Waals surface area contributed by atoms with Gasteiger partial charge in [-0.15, -0.1) is 0 Å². The number of esters is 1. The average molecular weight is 424 g/mol. The zero-order valence-corrected chi connectivity index (χ0v) is 18.7. The average Bonchev–Trinajstić information content (AvgIpc) is 3.28. The zero-order chi connectivity index (χ0) is 21.2. The second kappa shape index (κ2) is 7.14. The highest BCUT2D eigenvalue weighted by atomic mass is 16.7. The molecule has 0 amide bonds. The van der Waals surface area contributed by atoms with E-state index in [1.165, 1.54) is 0 Å². The van der Waals surface area contributed by atoms with Crippen LogP contribution in [0.2, 0.25) is 0 Å². The zero-order valence-electron chi connectivity index (χ0n) is 18.7. The fourth-order valence-electron chi connectivity index (χ4n) is 7.23. The number of nitrogens with zero attached hydrogens (tertiary/aromatic N) is 1. The smallest absolute Gasteiger partial charge is 0.310 e. The first-order valence-electron chi connectivity index (χ1n) is 11.7. The molecule has 3 saturated heterocycles. The van der Waals surface area contributed by atoms with E-state index in [0.717, 1.165) is 51.6 Å². The van der Waals surface area contributed by atoms with Gasteiger partial charge in [-0.3, -0.25) is 4.79 Å². The van der Waals surface area contributed by atoms with Gasteiger partial charge in [0.25, 0.3) is 0 Å². The number of methoxy groups -OCH3 is 1. The Morgan fingerprint density at radius 1 is 1.10 bits per heavy atom. The van der Waals surface area contributed by atoms with Gasteiger partial charge in [0.1, 0.15) is 6.10 Å². The van der Waals surface area contributed by atoms with Gasteiger partial charge < -0.3 is 29.0 Å². The molecule has 6 unspecified atom stereocenters. The number of hydrogen-bond acceptors (Lipinski definition) is 7. The molecule has 0 aromatic rings. The summed E-state index contributed by atoms with van der Waals surface area (Å²) in [5, 5.41) is 12.0. The SMILES string of the molecule is COC1(C)CCCC2(C)CC3OC(=O)C(CN4CCC5(CC4)OCCO5)C3CC21O. The molecule has 5 rings (SSSR count). The Labute approximate surface area is 179 Å². The lowest BCUT2D eigenvalue weighted by atomic mass is 9.49. The molecule has 5 aliphatic rings. The van der Waals surface area contributed by atoms with Crippen LogP contribution < -0.4 is 0 Å². The van der Waals surface area contributed by atoms with Crippen LogP contribution in [0, 0.1) is 17.3 Å². The van der Waals surface area contributed by atoms with Gasteiger partial charge >= 0.3 is 5.97 Å². The predicted octanol–water partition coefficient (Wildman–Crippen LogP) is 2.10. The van der Waals surface area contributed by atoms with Crippen LogP contribution in [-0.4, -0.2) is 79.0 Å². The van der Waals surface area contributed by atoms with Crippen LogP contribution in [0.25, 0.3) is 0 Å². The third-order valence-corrected chi connectivity index (χ3v) is 9.34. The molecular weight excluding hydrogens is 386 g/mol.